The van der Waals surface area contributed by atoms with E-state index in [1.54, 1.807) is 7.11 Å². The summed E-state index contributed by atoms with van der Waals surface area (Å²) in [5.41, 5.74) is 1.73. The van der Waals surface area contributed by atoms with Crippen LogP contribution in [0.25, 0.3) is 0 Å². The second kappa shape index (κ2) is 7.33. The highest BCUT2D eigenvalue weighted by molar-refractivity contribution is 5.38. The molecule has 0 saturated heterocycles. The van der Waals surface area contributed by atoms with Gasteiger partial charge in [0.05, 0.1) is 32.5 Å². The Kier molecular flexibility index (Phi) is 6.07. The Hall–Kier alpha value is -1.14. The van der Waals surface area contributed by atoms with Crippen LogP contribution in [0.4, 0.5) is 0 Å². The summed E-state index contributed by atoms with van der Waals surface area (Å²) in [4.78, 5) is 0. The summed E-state index contributed by atoms with van der Waals surface area (Å²) >= 11 is 0. The van der Waals surface area contributed by atoms with Gasteiger partial charge in [0, 0.05) is 12.1 Å². The average molecular weight is 255 g/mol. The Balaban J connectivity index is 2.71. The van der Waals surface area contributed by atoms with E-state index in [4.69, 9.17) is 14.9 Å². The maximum Gasteiger partial charge on any atom is 0.124 e. The second-order valence-electron chi connectivity index (χ2n) is 4.23. The van der Waals surface area contributed by atoms with E-state index in [-0.39, 0.29) is 19.8 Å². The maximum atomic E-state index is 10.1. The van der Waals surface area contributed by atoms with Gasteiger partial charge < -0.3 is 25.4 Å². The van der Waals surface area contributed by atoms with Crippen molar-refractivity contribution in [1.29, 1.82) is 0 Å². The lowest BCUT2D eigenvalue weighted by Gasteiger charge is -2.19. The third-order valence-corrected chi connectivity index (χ3v) is 2.78. The lowest BCUT2D eigenvalue weighted by atomic mass is 10.0. The highest BCUT2D eigenvalue weighted by Crippen LogP contribution is 2.25. The van der Waals surface area contributed by atoms with E-state index in [2.05, 4.69) is 5.32 Å². The standard InChI is InChI=1S/C13H21NO4/c1-9-3-4-13(18-2)11(5-9)12(17)6-14-10(7-15)8-16/h3-5,10,12,14-17H,6-8H2,1-2H3. The number of benzene rings is 1. The zero-order valence-electron chi connectivity index (χ0n) is 10.8. The smallest absolute Gasteiger partial charge is 0.124 e. The van der Waals surface area contributed by atoms with Gasteiger partial charge in [0.15, 0.2) is 0 Å². The molecule has 0 aliphatic rings. The van der Waals surface area contributed by atoms with Crippen LogP contribution in [0.5, 0.6) is 5.75 Å². The molecule has 0 heterocycles. The van der Waals surface area contributed by atoms with Gasteiger partial charge in [0.2, 0.25) is 0 Å². The zero-order chi connectivity index (χ0) is 13.5. The minimum atomic E-state index is -0.750. The van der Waals surface area contributed by atoms with E-state index in [1.807, 2.05) is 25.1 Å². The summed E-state index contributed by atoms with van der Waals surface area (Å²) in [6, 6.07) is 5.16. The molecule has 5 heteroatoms. The fourth-order valence-corrected chi connectivity index (χ4v) is 1.69. The van der Waals surface area contributed by atoms with Crippen molar-refractivity contribution in [2.45, 2.75) is 19.1 Å². The van der Waals surface area contributed by atoms with Crippen LogP contribution in [0.3, 0.4) is 0 Å². The quantitative estimate of drug-likeness (QED) is 0.550. The van der Waals surface area contributed by atoms with Gasteiger partial charge in [0.25, 0.3) is 0 Å². The van der Waals surface area contributed by atoms with Crippen LogP contribution in [0.2, 0.25) is 0 Å². The first kappa shape index (κ1) is 14.9. The second-order valence-corrected chi connectivity index (χ2v) is 4.23. The maximum absolute atomic E-state index is 10.1. The van der Waals surface area contributed by atoms with E-state index in [9.17, 15) is 5.11 Å². The summed E-state index contributed by atoms with van der Waals surface area (Å²) < 4.78 is 5.19. The minimum absolute atomic E-state index is 0.172. The number of aliphatic hydroxyl groups is 3. The van der Waals surface area contributed by atoms with E-state index < -0.39 is 12.1 Å². The van der Waals surface area contributed by atoms with Crippen molar-refractivity contribution >= 4 is 0 Å². The van der Waals surface area contributed by atoms with E-state index in [1.165, 1.54) is 0 Å². The summed E-state index contributed by atoms with van der Waals surface area (Å²) in [5.74, 6) is 0.624. The van der Waals surface area contributed by atoms with Crippen LogP contribution in [0.15, 0.2) is 18.2 Å². The molecule has 0 radical (unpaired) electrons. The Morgan fingerprint density at radius 3 is 2.50 bits per heavy atom. The van der Waals surface area contributed by atoms with Gasteiger partial charge in [-0.05, 0) is 19.1 Å². The number of methoxy groups -OCH3 is 1. The molecule has 4 N–H and O–H groups in total. The molecular weight excluding hydrogens is 234 g/mol. The number of hydrogen-bond donors (Lipinski definition) is 4. The normalized spacial score (nSPS) is 12.8. The highest BCUT2D eigenvalue weighted by atomic mass is 16.5. The van der Waals surface area contributed by atoms with Gasteiger partial charge in [-0.3, -0.25) is 0 Å². The molecule has 1 aromatic rings. The fraction of sp³-hybridized carbons (Fsp3) is 0.538. The van der Waals surface area contributed by atoms with Crippen molar-refractivity contribution in [3.8, 4) is 5.75 Å². The largest absolute Gasteiger partial charge is 0.496 e. The molecule has 0 fully saturated rings. The first-order chi connectivity index (χ1) is 8.62. The van der Waals surface area contributed by atoms with Gasteiger partial charge in [-0.1, -0.05) is 11.6 Å². The molecule has 0 bridgehead atoms. The van der Waals surface area contributed by atoms with E-state index >= 15 is 0 Å². The molecule has 5 nitrogen and oxygen atoms in total. The van der Waals surface area contributed by atoms with Crippen LogP contribution in [0.1, 0.15) is 17.2 Å². The van der Waals surface area contributed by atoms with Crippen LogP contribution < -0.4 is 10.1 Å². The zero-order valence-corrected chi connectivity index (χ0v) is 10.8. The van der Waals surface area contributed by atoms with Crippen LogP contribution >= 0.6 is 0 Å². The molecule has 0 spiro atoms. The predicted molar refractivity (Wildman–Crippen MR) is 68.7 cm³/mol. The third kappa shape index (κ3) is 3.96. The molecule has 1 atom stereocenters. The van der Waals surface area contributed by atoms with Crippen molar-refractivity contribution in [1.82, 2.24) is 5.32 Å². The summed E-state index contributed by atoms with van der Waals surface area (Å²) in [5, 5.41) is 30.8. The van der Waals surface area contributed by atoms with Crippen molar-refractivity contribution < 1.29 is 20.1 Å². The van der Waals surface area contributed by atoms with Gasteiger partial charge in [-0.25, -0.2) is 0 Å². The summed E-state index contributed by atoms with van der Waals surface area (Å²) in [6.45, 7) is 1.83. The number of rotatable bonds is 7. The Labute approximate surface area is 107 Å². The van der Waals surface area contributed by atoms with Gasteiger partial charge in [-0.2, -0.15) is 0 Å². The Bertz CT molecular complexity index is 366. The van der Waals surface area contributed by atoms with Gasteiger partial charge in [0.1, 0.15) is 5.75 Å². The number of hydrogen-bond acceptors (Lipinski definition) is 5. The van der Waals surface area contributed by atoms with Crippen LogP contribution in [-0.4, -0.2) is 48.2 Å². The molecule has 0 aliphatic carbocycles. The molecule has 1 rings (SSSR count). The third-order valence-electron chi connectivity index (χ3n) is 2.78. The number of aryl methyl sites for hydroxylation is 1. The molecule has 1 aromatic carbocycles. The van der Waals surface area contributed by atoms with Crippen LogP contribution in [0, 0.1) is 6.92 Å². The summed E-state index contributed by atoms with van der Waals surface area (Å²) in [7, 11) is 1.55. The summed E-state index contributed by atoms with van der Waals surface area (Å²) in [6.07, 6.45) is -0.750. The molecule has 102 valence electrons. The minimum Gasteiger partial charge on any atom is -0.496 e. The Morgan fingerprint density at radius 1 is 1.28 bits per heavy atom. The van der Waals surface area contributed by atoms with Gasteiger partial charge >= 0.3 is 0 Å². The molecule has 0 aliphatic heterocycles. The van der Waals surface area contributed by atoms with Gasteiger partial charge in [-0.15, -0.1) is 0 Å². The number of aliphatic hydroxyl groups excluding tert-OH is 3. The monoisotopic (exact) mass is 255 g/mol. The molecule has 18 heavy (non-hydrogen) atoms. The molecule has 0 saturated carbocycles. The van der Waals surface area contributed by atoms with Crippen molar-refractivity contribution in [2.24, 2.45) is 0 Å². The molecule has 0 aromatic heterocycles. The van der Waals surface area contributed by atoms with E-state index in [0.717, 1.165) is 5.56 Å². The lowest BCUT2D eigenvalue weighted by molar-refractivity contribution is 0.133. The topological polar surface area (TPSA) is 82.0 Å². The van der Waals surface area contributed by atoms with Crippen LogP contribution in [-0.2, 0) is 0 Å². The Morgan fingerprint density at radius 2 is 1.94 bits per heavy atom. The predicted octanol–water partition coefficient (Wildman–Crippen LogP) is -0.0202. The average Bonchev–Trinajstić information content (AvgIpc) is 2.39. The highest BCUT2D eigenvalue weighted by Gasteiger charge is 2.15. The van der Waals surface area contributed by atoms with Crippen molar-refractivity contribution in [3.05, 3.63) is 29.3 Å². The lowest BCUT2D eigenvalue weighted by Crippen LogP contribution is -2.38. The fourth-order valence-electron chi connectivity index (χ4n) is 1.69. The first-order valence-electron chi connectivity index (χ1n) is 5.90. The first-order valence-corrected chi connectivity index (χ1v) is 5.90. The molecule has 1 unspecified atom stereocenters. The van der Waals surface area contributed by atoms with Crippen molar-refractivity contribution in [3.63, 3.8) is 0 Å². The SMILES string of the molecule is COc1ccc(C)cc1C(O)CNC(CO)CO. The number of ether oxygens (including phenoxy) is 1. The van der Waals surface area contributed by atoms with E-state index in [0.29, 0.717) is 11.3 Å². The number of nitrogens with one attached hydrogen (secondary N) is 1. The molecular formula is C13H21NO4. The van der Waals surface area contributed by atoms with Crippen molar-refractivity contribution in [2.75, 3.05) is 26.9 Å². The molecule has 0 amide bonds.